The lowest BCUT2D eigenvalue weighted by atomic mass is 10.1. The average Bonchev–Trinajstić information content (AvgIpc) is 2.66. The van der Waals surface area contributed by atoms with Gasteiger partial charge in [-0.1, -0.05) is 0 Å². The topological polar surface area (TPSA) is 43.8 Å². The first-order valence-corrected chi connectivity index (χ1v) is 5.60. The van der Waals surface area contributed by atoms with E-state index in [0.717, 1.165) is 16.9 Å². The van der Waals surface area contributed by atoms with Crippen LogP contribution in [0.25, 0.3) is 5.69 Å². The number of aromatic nitrogens is 2. The van der Waals surface area contributed by atoms with E-state index in [4.69, 9.17) is 5.73 Å². The number of anilines is 1. The van der Waals surface area contributed by atoms with Gasteiger partial charge in [0.25, 0.3) is 0 Å². The number of hydrogen-bond donors (Lipinski definition) is 1. The first-order chi connectivity index (χ1) is 9.50. The number of hydrogen-bond acceptors (Lipinski definition) is 2. The van der Waals surface area contributed by atoms with Gasteiger partial charge in [-0.2, -0.15) is 31.4 Å². The van der Waals surface area contributed by atoms with Crippen molar-refractivity contribution in [2.45, 2.75) is 19.3 Å². The molecule has 2 rings (SSSR count). The van der Waals surface area contributed by atoms with Crippen molar-refractivity contribution in [1.29, 1.82) is 0 Å². The largest absolute Gasteiger partial charge is 0.418 e. The Morgan fingerprint density at radius 3 is 2.05 bits per heavy atom. The third kappa shape index (κ3) is 3.46. The summed E-state index contributed by atoms with van der Waals surface area (Å²) in [5, 5.41) is 3.76. The maximum Gasteiger partial charge on any atom is 0.418 e. The van der Waals surface area contributed by atoms with Crippen molar-refractivity contribution < 1.29 is 26.3 Å². The van der Waals surface area contributed by atoms with Gasteiger partial charge in [0.1, 0.15) is 0 Å². The molecule has 122 valence electrons. The minimum atomic E-state index is -4.95. The lowest BCUT2D eigenvalue weighted by molar-refractivity contribution is -0.143. The fourth-order valence-corrected chi connectivity index (χ4v) is 1.74. The maximum atomic E-state index is 13.0. The summed E-state index contributed by atoms with van der Waals surface area (Å²) in [7, 11) is 0. The van der Waals surface area contributed by atoms with E-state index in [1.807, 2.05) is 0 Å². The Labute approximate surface area is 127 Å². The van der Waals surface area contributed by atoms with Crippen LogP contribution in [0.5, 0.6) is 0 Å². The van der Waals surface area contributed by atoms with Crippen LogP contribution in [0.2, 0.25) is 0 Å². The molecular formula is C12H10ClF6N3. The van der Waals surface area contributed by atoms with E-state index in [1.54, 1.807) is 0 Å². The molecule has 0 radical (unpaired) electrons. The summed E-state index contributed by atoms with van der Waals surface area (Å²) in [6.45, 7) is 1.48. The molecule has 1 aromatic carbocycles. The maximum absolute atomic E-state index is 13.0. The molecule has 0 amide bonds. The molecular weight excluding hydrogens is 336 g/mol. The lowest BCUT2D eigenvalue weighted by Crippen LogP contribution is -2.14. The number of aryl methyl sites for hydroxylation is 1. The molecule has 0 aliphatic carbocycles. The summed E-state index contributed by atoms with van der Waals surface area (Å²) in [4.78, 5) is 0. The highest BCUT2D eigenvalue weighted by molar-refractivity contribution is 5.85. The van der Waals surface area contributed by atoms with Crippen molar-refractivity contribution in [3.05, 3.63) is 41.2 Å². The van der Waals surface area contributed by atoms with Gasteiger partial charge < -0.3 is 5.73 Å². The predicted octanol–water partition coefficient (Wildman–Crippen LogP) is 4.22. The number of nitrogen functional groups attached to an aromatic ring is 1. The molecule has 22 heavy (non-hydrogen) atoms. The second-order valence-corrected chi connectivity index (χ2v) is 4.34. The Morgan fingerprint density at radius 1 is 1.05 bits per heavy atom. The van der Waals surface area contributed by atoms with E-state index in [0.29, 0.717) is 6.07 Å². The fraction of sp³-hybridized carbons (Fsp3) is 0.250. The van der Waals surface area contributed by atoms with Crippen molar-refractivity contribution >= 4 is 18.1 Å². The first-order valence-electron chi connectivity index (χ1n) is 5.60. The minimum Gasteiger partial charge on any atom is -0.396 e. The highest BCUT2D eigenvalue weighted by atomic mass is 35.5. The zero-order chi connectivity index (χ0) is 16.0. The van der Waals surface area contributed by atoms with Gasteiger partial charge in [0.2, 0.25) is 0 Å². The molecule has 1 aromatic heterocycles. The van der Waals surface area contributed by atoms with Gasteiger partial charge in [-0.15, -0.1) is 12.4 Å². The Bertz CT molecular complexity index is 655. The Kier molecular flexibility index (Phi) is 4.71. The number of halogens is 7. The van der Waals surface area contributed by atoms with E-state index in [-0.39, 0.29) is 29.9 Å². The molecule has 0 saturated carbocycles. The predicted molar refractivity (Wildman–Crippen MR) is 70.0 cm³/mol. The zero-order valence-electron chi connectivity index (χ0n) is 11.0. The van der Waals surface area contributed by atoms with Gasteiger partial charge in [-0.3, -0.25) is 0 Å². The smallest absolute Gasteiger partial charge is 0.396 e. The number of alkyl halides is 6. The van der Waals surface area contributed by atoms with Crippen molar-refractivity contribution in [2.24, 2.45) is 0 Å². The van der Waals surface area contributed by atoms with E-state index in [1.165, 1.54) is 6.92 Å². The third-order valence-electron chi connectivity index (χ3n) is 2.81. The summed E-state index contributed by atoms with van der Waals surface area (Å²) >= 11 is 0. The molecule has 3 nitrogen and oxygen atoms in total. The average molecular weight is 346 g/mol. The quantitative estimate of drug-likeness (QED) is 0.786. The van der Waals surface area contributed by atoms with Gasteiger partial charge in [0.05, 0.1) is 34.4 Å². The van der Waals surface area contributed by atoms with Gasteiger partial charge in [0, 0.05) is 0 Å². The van der Waals surface area contributed by atoms with Crippen LogP contribution >= 0.6 is 12.4 Å². The molecule has 0 aliphatic rings. The van der Waals surface area contributed by atoms with E-state index in [2.05, 4.69) is 5.10 Å². The van der Waals surface area contributed by atoms with Crippen molar-refractivity contribution in [3.63, 3.8) is 0 Å². The Morgan fingerprint density at radius 2 is 1.64 bits per heavy atom. The minimum absolute atomic E-state index is 0. The molecule has 0 unspecified atom stereocenters. The second kappa shape index (κ2) is 5.71. The third-order valence-corrected chi connectivity index (χ3v) is 2.81. The van der Waals surface area contributed by atoms with E-state index >= 15 is 0 Å². The highest BCUT2D eigenvalue weighted by Crippen LogP contribution is 2.38. The van der Waals surface area contributed by atoms with Crippen LogP contribution in [0.1, 0.15) is 16.8 Å². The van der Waals surface area contributed by atoms with Gasteiger partial charge in [-0.05, 0) is 25.1 Å². The molecule has 2 aromatic rings. The Hall–Kier alpha value is -1.90. The lowest BCUT2D eigenvalue weighted by Gasteiger charge is -2.15. The molecule has 10 heteroatoms. The monoisotopic (exact) mass is 345 g/mol. The SMILES string of the molecule is Cc1nn(-c2ccc(C(F)(F)F)cc2C(F)(F)F)cc1N.Cl. The van der Waals surface area contributed by atoms with Crippen LogP contribution in [0, 0.1) is 6.92 Å². The van der Waals surface area contributed by atoms with Crippen molar-refractivity contribution in [1.82, 2.24) is 9.78 Å². The van der Waals surface area contributed by atoms with Crippen molar-refractivity contribution in [3.8, 4) is 5.69 Å². The summed E-state index contributed by atoms with van der Waals surface area (Å²) in [5.74, 6) is 0. The second-order valence-electron chi connectivity index (χ2n) is 4.34. The number of benzene rings is 1. The van der Waals surface area contributed by atoms with Gasteiger partial charge in [0.15, 0.2) is 0 Å². The van der Waals surface area contributed by atoms with Gasteiger partial charge >= 0.3 is 12.4 Å². The van der Waals surface area contributed by atoms with Crippen molar-refractivity contribution in [2.75, 3.05) is 5.73 Å². The van der Waals surface area contributed by atoms with E-state index < -0.39 is 29.2 Å². The van der Waals surface area contributed by atoms with E-state index in [9.17, 15) is 26.3 Å². The molecule has 0 bridgehead atoms. The van der Waals surface area contributed by atoms with Crippen LogP contribution in [0.15, 0.2) is 24.4 Å². The highest BCUT2D eigenvalue weighted by Gasteiger charge is 2.38. The Balaban J connectivity index is 0.00000242. The van der Waals surface area contributed by atoms with Crippen LogP contribution in [-0.2, 0) is 12.4 Å². The summed E-state index contributed by atoms with van der Waals surface area (Å²) < 4.78 is 77.4. The first kappa shape index (κ1) is 18.1. The van der Waals surface area contributed by atoms with Crippen LogP contribution in [0.3, 0.4) is 0 Å². The number of rotatable bonds is 1. The molecule has 1 heterocycles. The molecule has 0 aliphatic heterocycles. The number of nitrogens with two attached hydrogens (primary N) is 1. The molecule has 0 saturated heterocycles. The molecule has 0 spiro atoms. The van der Waals surface area contributed by atoms with Crippen LogP contribution < -0.4 is 5.73 Å². The van der Waals surface area contributed by atoms with Crippen LogP contribution in [0.4, 0.5) is 32.0 Å². The zero-order valence-corrected chi connectivity index (χ0v) is 11.8. The van der Waals surface area contributed by atoms with Crippen LogP contribution in [-0.4, -0.2) is 9.78 Å². The standard InChI is InChI=1S/C12H9F6N3.ClH/c1-6-9(19)5-21(20-6)10-3-2-7(11(13,14)15)4-8(10)12(16,17)18;/h2-5H,19H2,1H3;1H. The fourth-order valence-electron chi connectivity index (χ4n) is 1.74. The molecule has 2 N–H and O–H groups in total. The summed E-state index contributed by atoms with van der Waals surface area (Å²) in [5.41, 5.74) is 2.59. The summed E-state index contributed by atoms with van der Waals surface area (Å²) in [6.07, 6.45) is -8.70. The summed E-state index contributed by atoms with van der Waals surface area (Å²) in [6, 6.07) is 1.35. The van der Waals surface area contributed by atoms with Gasteiger partial charge in [-0.25, -0.2) is 4.68 Å². The normalized spacial score (nSPS) is 12.1. The molecule has 0 fully saturated rings. The number of nitrogens with zero attached hydrogens (tertiary/aromatic N) is 2. The molecule has 0 atom stereocenters.